The van der Waals surface area contributed by atoms with Crippen molar-refractivity contribution in [2.75, 3.05) is 25.9 Å². The van der Waals surface area contributed by atoms with Gasteiger partial charge in [-0.3, -0.25) is 9.59 Å². The minimum absolute atomic E-state index is 0.0403. The Balaban J connectivity index is 1.47. The summed E-state index contributed by atoms with van der Waals surface area (Å²) in [7, 11) is 1.86. The third kappa shape index (κ3) is 4.69. The average molecular weight is 403 g/mol. The second-order valence-electron chi connectivity index (χ2n) is 7.79. The smallest absolute Gasteiger partial charge is 0.232 e. The monoisotopic (exact) mass is 402 g/mol. The maximum absolute atomic E-state index is 12.6. The van der Waals surface area contributed by atoms with Crippen LogP contribution in [-0.2, 0) is 9.59 Å². The van der Waals surface area contributed by atoms with Crippen molar-refractivity contribution in [2.45, 2.75) is 44.9 Å². The van der Waals surface area contributed by atoms with Gasteiger partial charge in [-0.05, 0) is 45.7 Å². The Morgan fingerprint density at radius 2 is 1.93 bits per heavy atom. The van der Waals surface area contributed by atoms with E-state index in [1.165, 1.54) is 0 Å². The number of aromatic nitrogens is 2. The molecule has 1 unspecified atom stereocenters. The van der Waals surface area contributed by atoms with Gasteiger partial charge in [-0.2, -0.15) is 0 Å². The van der Waals surface area contributed by atoms with E-state index in [-0.39, 0.29) is 29.0 Å². The van der Waals surface area contributed by atoms with Gasteiger partial charge in [0.25, 0.3) is 0 Å². The number of H-pyrrole nitrogens is 1. The number of amides is 2. The van der Waals surface area contributed by atoms with Crippen LogP contribution in [0.4, 0.5) is 0 Å². The molecule has 1 atom stereocenters. The van der Waals surface area contributed by atoms with Crippen molar-refractivity contribution >= 4 is 34.6 Å². The number of nitrogens with zero attached hydrogens (tertiary/aromatic N) is 3. The average Bonchev–Trinajstić information content (AvgIpc) is 3.15. The second kappa shape index (κ2) is 8.99. The predicted molar refractivity (Wildman–Crippen MR) is 114 cm³/mol. The van der Waals surface area contributed by atoms with Crippen LogP contribution in [0.2, 0.25) is 0 Å². The lowest BCUT2D eigenvalue weighted by molar-refractivity contribution is -0.140. The lowest BCUT2D eigenvalue weighted by Crippen LogP contribution is -2.45. The Morgan fingerprint density at radius 1 is 1.25 bits per heavy atom. The minimum atomic E-state index is 0.0403. The van der Waals surface area contributed by atoms with E-state index in [0.29, 0.717) is 18.8 Å². The molecule has 2 amide bonds. The number of piperidine rings is 1. The van der Waals surface area contributed by atoms with Gasteiger partial charge in [-0.15, -0.1) is 11.8 Å². The number of benzene rings is 1. The van der Waals surface area contributed by atoms with Crippen LogP contribution >= 0.6 is 11.8 Å². The Hall–Kier alpha value is -2.02. The molecule has 0 spiro atoms. The fourth-order valence-corrected chi connectivity index (χ4v) is 4.29. The van der Waals surface area contributed by atoms with Gasteiger partial charge in [-0.1, -0.05) is 12.1 Å². The van der Waals surface area contributed by atoms with Crippen molar-refractivity contribution in [3.8, 4) is 0 Å². The molecule has 0 bridgehead atoms. The van der Waals surface area contributed by atoms with E-state index < -0.39 is 0 Å². The summed E-state index contributed by atoms with van der Waals surface area (Å²) < 4.78 is 0. The Kier molecular flexibility index (Phi) is 6.65. The van der Waals surface area contributed by atoms with Gasteiger partial charge in [0, 0.05) is 32.1 Å². The fourth-order valence-electron chi connectivity index (χ4n) is 3.45. The number of fused-ring (bicyclic) bond motifs is 1. The normalized spacial score (nSPS) is 16.5. The largest absolute Gasteiger partial charge is 0.343 e. The van der Waals surface area contributed by atoms with Crippen molar-refractivity contribution in [1.82, 2.24) is 19.8 Å². The van der Waals surface area contributed by atoms with E-state index in [9.17, 15) is 9.59 Å². The van der Waals surface area contributed by atoms with Gasteiger partial charge in [0.2, 0.25) is 11.8 Å². The lowest BCUT2D eigenvalue weighted by atomic mass is 9.95. The van der Waals surface area contributed by atoms with E-state index in [4.69, 9.17) is 0 Å². The van der Waals surface area contributed by atoms with E-state index in [1.54, 1.807) is 11.8 Å². The molecule has 1 aliphatic rings. The SMILES string of the molecule is CC(SCC(=O)N1CCC(C(=O)N(C)C(C)C)CC1)c1nc2ccccc2[nH]1. The van der Waals surface area contributed by atoms with Gasteiger partial charge in [0.1, 0.15) is 5.82 Å². The fraction of sp³-hybridized carbons (Fsp3) is 0.571. The van der Waals surface area contributed by atoms with Crippen LogP contribution in [-0.4, -0.2) is 63.5 Å². The summed E-state index contributed by atoms with van der Waals surface area (Å²) in [6.45, 7) is 7.46. The Bertz CT molecular complexity index is 794. The highest BCUT2D eigenvalue weighted by Gasteiger charge is 2.30. The summed E-state index contributed by atoms with van der Waals surface area (Å²) in [4.78, 5) is 36.7. The van der Waals surface area contributed by atoms with Crippen molar-refractivity contribution in [1.29, 1.82) is 0 Å². The molecular formula is C21H30N4O2S. The molecule has 28 heavy (non-hydrogen) atoms. The number of aromatic amines is 1. The molecule has 1 saturated heterocycles. The third-order valence-corrected chi connectivity index (χ3v) is 6.71. The number of hydrogen-bond acceptors (Lipinski definition) is 4. The van der Waals surface area contributed by atoms with Gasteiger partial charge < -0.3 is 14.8 Å². The van der Waals surface area contributed by atoms with Crippen LogP contribution < -0.4 is 0 Å². The first kappa shape index (κ1) is 20.7. The minimum Gasteiger partial charge on any atom is -0.343 e. The molecule has 1 aromatic carbocycles. The number of carbonyl (C=O) groups excluding carboxylic acids is 2. The van der Waals surface area contributed by atoms with Crippen molar-refractivity contribution in [2.24, 2.45) is 5.92 Å². The van der Waals surface area contributed by atoms with Gasteiger partial charge in [0.15, 0.2) is 0 Å². The van der Waals surface area contributed by atoms with Crippen LogP contribution in [0.5, 0.6) is 0 Å². The molecule has 1 N–H and O–H groups in total. The lowest BCUT2D eigenvalue weighted by Gasteiger charge is -2.34. The summed E-state index contributed by atoms with van der Waals surface area (Å²) in [5.41, 5.74) is 1.98. The van der Waals surface area contributed by atoms with E-state index in [0.717, 1.165) is 29.7 Å². The molecule has 3 rings (SSSR count). The molecular weight excluding hydrogens is 372 g/mol. The maximum atomic E-state index is 12.6. The zero-order valence-corrected chi connectivity index (χ0v) is 18.0. The van der Waals surface area contributed by atoms with Crippen LogP contribution in [0.1, 0.15) is 44.7 Å². The molecule has 0 aliphatic carbocycles. The Labute approximate surface area is 171 Å². The molecule has 0 saturated carbocycles. The van der Waals surface area contributed by atoms with Crippen molar-refractivity contribution in [3.05, 3.63) is 30.1 Å². The highest BCUT2D eigenvalue weighted by molar-refractivity contribution is 8.00. The van der Waals surface area contributed by atoms with Gasteiger partial charge in [-0.25, -0.2) is 4.98 Å². The van der Waals surface area contributed by atoms with Crippen LogP contribution in [0.25, 0.3) is 11.0 Å². The number of likely N-dealkylation sites (tertiary alicyclic amines) is 1. The van der Waals surface area contributed by atoms with Crippen molar-refractivity contribution < 1.29 is 9.59 Å². The summed E-state index contributed by atoms with van der Waals surface area (Å²) >= 11 is 1.60. The molecule has 7 heteroatoms. The molecule has 1 aliphatic heterocycles. The number of hydrogen-bond donors (Lipinski definition) is 1. The van der Waals surface area contributed by atoms with E-state index in [2.05, 4.69) is 16.9 Å². The zero-order valence-electron chi connectivity index (χ0n) is 17.1. The summed E-state index contributed by atoms with van der Waals surface area (Å²) in [6.07, 6.45) is 1.51. The maximum Gasteiger partial charge on any atom is 0.232 e. The number of thioether (sulfide) groups is 1. The van der Waals surface area contributed by atoms with Crippen LogP contribution in [0.15, 0.2) is 24.3 Å². The molecule has 1 aromatic heterocycles. The summed E-state index contributed by atoms with van der Waals surface area (Å²) in [5.74, 6) is 1.73. The van der Waals surface area contributed by atoms with E-state index >= 15 is 0 Å². The van der Waals surface area contributed by atoms with Gasteiger partial charge >= 0.3 is 0 Å². The quantitative estimate of drug-likeness (QED) is 0.803. The zero-order chi connectivity index (χ0) is 20.3. The summed E-state index contributed by atoms with van der Waals surface area (Å²) in [6, 6.07) is 8.17. The topological polar surface area (TPSA) is 69.3 Å². The summed E-state index contributed by atoms with van der Waals surface area (Å²) in [5, 5.41) is 0.121. The molecule has 152 valence electrons. The first-order valence-corrected chi connectivity index (χ1v) is 11.0. The molecule has 2 aromatic rings. The Morgan fingerprint density at radius 3 is 2.57 bits per heavy atom. The van der Waals surface area contributed by atoms with Crippen molar-refractivity contribution in [3.63, 3.8) is 0 Å². The molecule has 6 nitrogen and oxygen atoms in total. The number of rotatable bonds is 6. The number of carbonyl (C=O) groups is 2. The number of imidazole rings is 1. The molecule has 0 radical (unpaired) electrons. The number of nitrogens with one attached hydrogen (secondary N) is 1. The molecule has 1 fully saturated rings. The van der Waals surface area contributed by atoms with Crippen LogP contribution in [0.3, 0.4) is 0 Å². The molecule has 2 heterocycles. The third-order valence-electron chi connectivity index (χ3n) is 5.57. The van der Waals surface area contributed by atoms with E-state index in [1.807, 2.05) is 55.0 Å². The number of para-hydroxylation sites is 2. The standard InChI is InChI=1S/C21H30N4O2S/c1-14(2)24(4)21(27)16-9-11-25(12-10-16)19(26)13-28-15(3)20-22-17-7-5-6-8-18(17)23-20/h5-8,14-16H,9-13H2,1-4H3,(H,22,23). The first-order valence-electron chi connectivity index (χ1n) is 9.97. The highest BCUT2D eigenvalue weighted by Crippen LogP contribution is 2.28. The van der Waals surface area contributed by atoms with Crippen LogP contribution in [0, 0.1) is 5.92 Å². The highest BCUT2D eigenvalue weighted by atomic mass is 32.2. The van der Waals surface area contributed by atoms with Gasteiger partial charge in [0.05, 0.1) is 22.0 Å². The second-order valence-corrected chi connectivity index (χ2v) is 9.12. The predicted octanol–water partition coefficient (Wildman–Crippen LogP) is 3.46. The first-order chi connectivity index (χ1) is 13.4.